The lowest BCUT2D eigenvalue weighted by Crippen LogP contribution is -2.48. The SMILES string of the molecule is Cc1oc(NS(C)(=O)=O)nc1C(=O)N[C@@H](Cc1ccccc1)[C@H](O)CNCc1cccc(I)c1. The van der Waals surface area contributed by atoms with Gasteiger partial charge in [-0.15, -0.1) is 0 Å². The number of rotatable bonds is 11. The first-order valence-corrected chi connectivity index (χ1v) is 13.5. The van der Waals surface area contributed by atoms with Crippen LogP contribution in [-0.2, 0) is 23.0 Å². The number of aryl methyl sites for hydroxylation is 1. The van der Waals surface area contributed by atoms with Crippen LogP contribution in [0.3, 0.4) is 0 Å². The molecule has 0 saturated carbocycles. The number of oxazole rings is 1. The average molecular weight is 598 g/mol. The maximum absolute atomic E-state index is 12.9. The van der Waals surface area contributed by atoms with Gasteiger partial charge in [0.2, 0.25) is 10.0 Å². The minimum absolute atomic E-state index is 0.0526. The van der Waals surface area contributed by atoms with E-state index in [2.05, 4.69) is 49.0 Å². The van der Waals surface area contributed by atoms with Crippen LogP contribution in [0.25, 0.3) is 0 Å². The Morgan fingerprint density at radius 1 is 1.15 bits per heavy atom. The van der Waals surface area contributed by atoms with Gasteiger partial charge in [-0.2, -0.15) is 4.98 Å². The zero-order chi connectivity index (χ0) is 24.7. The predicted octanol–water partition coefficient (Wildman–Crippen LogP) is 2.45. The zero-order valence-electron chi connectivity index (χ0n) is 18.8. The van der Waals surface area contributed by atoms with E-state index < -0.39 is 28.1 Å². The van der Waals surface area contributed by atoms with E-state index in [1.54, 1.807) is 0 Å². The van der Waals surface area contributed by atoms with E-state index in [4.69, 9.17) is 4.42 Å². The quantitative estimate of drug-likeness (QED) is 0.249. The Morgan fingerprint density at radius 3 is 2.53 bits per heavy atom. The Bertz CT molecular complexity index is 1220. The number of aliphatic hydroxyl groups is 1. The smallest absolute Gasteiger partial charge is 0.309 e. The molecule has 0 aliphatic heterocycles. The van der Waals surface area contributed by atoms with E-state index in [1.165, 1.54) is 6.92 Å². The monoisotopic (exact) mass is 598 g/mol. The highest BCUT2D eigenvalue weighted by Crippen LogP contribution is 2.16. The van der Waals surface area contributed by atoms with Crippen molar-refractivity contribution >= 4 is 44.5 Å². The number of nitrogens with one attached hydrogen (secondary N) is 3. The van der Waals surface area contributed by atoms with Gasteiger partial charge in [-0.05, 0) is 59.2 Å². The Morgan fingerprint density at radius 2 is 1.85 bits per heavy atom. The Kier molecular flexibility index (Phi) is 9.05. The largest absolute Gasteiger partial charge is 0.428 e. The Labute approximate surface area is 212 Å². The van der Waals surface area contributed by atoms with Gasteiger partial charge in [-0.25, -0.2) is 13.1 Å². The molecule has 9 nitrogen and oxygen atoms in total. The zero-order valence-corrected chi connectivity index (χ0v) is 21.8. The fraction of sp³-hybridized carbons (Fsp3) is 0.304. The number of carbonyl (C=O) groups is 1. The molecule has 1 aromatic heterocycles. The number of anilines is 1. The fourth-order valence-electron chi connectivity index (χ4n) is 3.35. The number of benzene rings is 2. The lowest BCUT2D eigenvalue weighted by atomic mass is 10.0. The summed E-state index contributed by atoms with van der Waals surface area (Å²) in [5.41, 5.74) is 1.98. The van der Waals surface area contributed by atoms with Crippen molar-refractivity contribution in [2.24, 2.45) is 0 Å². The minimum Gasteiger partial charge on any atom is -0.428 e. The van der Waals surface area contributed by atoms with Crippen LogP contribution in [0.5, 0.6) is 0 Å². The van der Waals surface area contributed by atoms with E-state index in [-0.39, 0.29) is 24.0 Å². The standard InChI is InChI=1S/C23H27IN4O5S/c1-15-21(27-23(33-15)28-34(2,31)32)22(30)26-19(12-16-7-4-3-5-8-16)20(29)14-25-13-17-9-6-10-18(24)11-17/h3-11,19-20,25,29H,12-14H2,1-2H3,(H,26,30)(H,27,28)/t19-,20+/m0/s1. The third-order valence-electron chi connectivity index (χ3n) is 4.94. The molecule has 4 N–H and O–H groups in total. The summed E-state index contributed by atoms with van der Waals surface area (Å²) >= 11 is 2.25. The second-order valence-electron chi connectivity index (χ2n) is 7.90. The van der Waals surface area contributed by atoms with Gasteiger partial charge in [0.05, 0.1) is 18.4 Å². The van der Waals surface area contributed by atoms with Crippen molar-refractivity contribution in [3.05, 3.63) is 80.7 Å². The van der Waals surface area contributed by atoms with Crippen LogP contribution in [0.2, 0.25) is 0 Å². The van der Waals surface area contributed by atoms with Crippen molar-refractivity contribution < 1.29 is 22.7 Å². The van der Waals surface area contributed by atoms with E-state index in [0.29, 0.717) is 13.0 Å². The van der Waals surface area contributed by atoms with Crippen molar-refractivity contribution in [1.82, 2.24) is 15.6 Å². The molecular formula is C23H27IN4O5S. The Hall–Kier alpha value is -2.48. The second-order valence-corrected chi connectivity index (χ2v) is 10.9. The van der Waals surface area contributed by atoms with Crippen LogP contribution in [0, 0.1) is 10.5 Å². The fourth-order valence-corrected chi connectivity index (χ4v) is 4.36. The number of amides is 1. The first-order chi connectivity index (χ1) is 16.1. The third kappa shape index (κ3) is 8.08. The van der Waals surface area contributed by atoms with Crippen molar-refractivity contribution in [3.8, 4) is 0 Å². The molecule has 0 saturated heterocycles. The summed E-state index contributed by atoms with van der Waals surface area (Å²) in [5.74, 6) is -0.409. The number of nitrogens with zero attached hydrogens (tertiary/aromatic N) is 1. The molecule has 0 radical (unpaired) electrons. The number of sulfonamides is 1. The molecule has 0 unspecified atom stereocenters. The highest BCUT2D eigenvalue weighted by molar-refractivity contribution is 14.1. The van der Waals surface area contributed by atoms with Crippen molar-refractivity contribution in [2.45, 2.75) is 32.0 Å². The molecule has 182 valence electrons. The molecule has 0 aliphatic rings. The summed E-state index contributed by atoms with van der Waals surface area (Å²) in [6.45, 7) is 2.34. The van der Waals surface area contributed by atoms with Gasteiger partial charge in [0.15, 0.2) is 5.69 Å². The van der Waals surface area contributed by atoms with Gasteiger partial charge >= 0.3 is 6.01 Å². The molecular weight excluding hydrogens is 571 g/mol. The maximum atomic E-state index is 12.9. The van der Waals surface area contributed by atoms with Crippen LogP contribution in [0.1, 0.15) is 27.4 Å². The van der Waals surface area contributed by atoms with Gasteiger partial charge in [-0.1, -0.05) is 42.5 Å². The van der Waals surface area contributed by atoms with Gasteiger partial charge in [0.1, 0.15) is 5.76 Å². The highest BCUT2D eigenvalue weighted by atomic mass is 127. The van der Waals surface area contributed by atoms with E-state index >= 15 is 0 Å². The lowest BCUT2D eigenvalue weighted by molar-refractivity contribution is 0.0824. The summed E-state index contributed by atoms with van der Waals surface area (Å²) in [7, 11) is -3.61. The van der Waals surface area contributed by atoms with Crippen LogP contribution in [0.15, 0.2) is 59.0 Å². The predicted molar refractivity (Wildman–Crippen MR) is 138 cm³/mol. The normalized spacial score (nSPS) is 13.3. The summed E-state index contributed by atoms with van der Waals surface area (Å²) in [6, 6.07) is 16.6. The molecule has 1 heterocycles. The number of hydrogen-bond donors (Lipinski definition) is 4. The van der Waals surface area contributed by atoms with Crippen molar-refractivity contribution in [3.63, 3.8) is 0 Å². The van der Waals surface area contributed by atoms with Gasteiger partial charge in [0, 0.05) is 16.7 Å². The molecule has 3 rings (SSSR count). The minimum atomic E-state index is -3.61. The molecule has 1 amide bonds. The molecule has 0 spiro atoms. The summed E-state index contributed by atoms with van der Waals surface area (Å²) in [6.07, 6.45) is 0.457. The van der Waals surface area contributed by atoms with Crippen molar-refractivity contribution in [1.29, 1.82) is 0 Å². The Balaban J connectivity index is 1.70. The van der Waals surface area contributed by atoms with Gasteiger partial charge in [-0.3, -0.25) is 4.79 Å². The van der Waals surface area contributed by atoms with Crippen LogP contribution < -0.4 is 15.4 Å². The highest BCUT2D eigenvalue weighted by Gasteiger charge is 2.26. The molecule has 3 aromatic rings. The van der Waals surface area contributed by atoms with Crippen molar-refractivity contribution in [2.75, 3.05) is 17.5 Å². The number of aromatic nitrogens is 1. The molecule has 0 aliphatic carbocycles. The first-order valence-electron chi connectivity index (χ1n) is 10.5. The van der Waals surface area contributed by atoms with Crippen LogP contribution in [-0.4, -0.2) is 49.4 Å². The molecule has 0 fully saturated rings. The molecule has 2 aromatic carbocycles. The summed E-state index contributed by atoms with van der Waals surface area (Å²) in [4.78, 5) is 16.9. The van der Waals surface area contributed by atoms with E-state index in [0.717, 1.165) is 21.0 Å². The number of hydrogen-bond acceptors (Lipinski definition) is 7. The number of aliphatic hydroxyl groups excluding tert-OH is 1. The summed E-state index contributed by atoms with van der Waals surface area (Å²) < 4.78 is 31.4. The first kappa shape index (κ1) is 26.1. The van der Waals surface area contributed by atoms with Crippen LogP contribution >= 0.6 is 22.6 Å². The number of halogens is 1. The molecule has 11 heteroatoms. The van der Waals surface area contributed by atoms with Crippen LogP contribution in [0.4, 0.5) is 6.01 Å². The van der Waals surface area contributed by atoms with E-state index in [9.17, 15) is 18.3 Å². The van der Waals surface area contributed by atoms with Gasteiger partial charge in [0.25, 0.3) is 5.91 Å². The summed E-state index contributed by atoms with van der Waals surface area (Å²) in [5, 5.41) is 17.0. The topological polar surface area (TPSA) is 134 Å². The molecule has 0 bridgehead atoms. The van der Waals surface area contributed by atoms with E-state index in [1.807, 2.05) is 48.5 Å². The molecule has 34 heavy (non-hydrogen) atoms. The second kappa shape index (κ2) is 11.8. The van der Waals surface area contributed by atoms with Gasteiger partial charge < -0.3 is 20.2 Å². The third-order valence-corrected chi connectivity index (χ3v) is 6.15. The lowest BCUT2D eigenvalue weighted by Gasteiger charge is -2.24. The number of carbonyl (C=O) groups excluding carboxylic acids is 1. The average Bonchev–Trinajstić information content (AvgIpc) is 3.12. The maximum Gasteiger partial charge on any atom is 0.309 e. The molecule has 2 atom stereocenters.